The van der Waals surface area contributed by atoms with Crippen LogP contribution in [-0.2, 0) is 4.74 Å². The SMILES string of the molecule is C=C1CCC2OC2(C)CCCC(C)(C)CC1. The molecule has 0 aromatic heterocycles. The van der Waals surface area contributed by atoms with E-state index < -0.39 is 0 Å². The van der Waals surface area contributed by atoms with Crippen LogP contribution in [0, 0.1) is 5.41 Å². The van der Waals surface area contributed by atoms with Gasteiger partial charge >= 0.3 is 0 Å². The molecule has 2 rings (SSSR count). The summed E-state index contributed by atoms with van der Waals surface area (Å²) >= 11 is 0. The second kappa shape index (κ2) is 4.18. The third kappa shape index (κ3) is 2.88. The van der Waals surface area contributed by atoms with Gasteiger partial charge in [-0.15, -0.1) is 0 Å². The summed E-state index contributed by atoms with van der Waals surface area (Å²) in [5, 5.41) is 0. The van der Waals surface area contributed by atoms with E-state index in [0.717, 1.165) is 6.42 Å². The fourth-order valence-electron chi connectivity index (χ4n) is 2.89. The lowest BCUT2D eigenvalue weighted by Crippen LogP contribution is -2.14. The average molecular weight is 222 g/mol. The predicted octanol–water partition coefficient (Wildman–Crippen LogP) is 4.47. The first-order valence-corrected chi connectivity index (χ1v) is 6.76. The van der Waals surface area contributed by atoms with E-state index in [1.54, 1.807) is 0 Å². The molecule has 2 atom stereocenters. The van der Waals surface area contributed by atoms with Gasteiger partial charge in [-0.1, -0.05) is 26.0 Å². The van der Waals surface area contributed by atoms with E-state index >= 15 is 0 Å². The van der Waals surface area contributed by atoms with E-state index in [1.807, 2.05) is 0 Å². The molecule has 0 amide bonds. The molecule has 0 radical (unpaired) electrons. The largest absolute Gasteiger partial charge is 0.366 e. The number of hydrogen-bond donors (Lipinski definition) is 0. The van der Waals surface area contributed by atoms with Crippen LogP contribution >= 0.6 is 0 Å². The van der Waals surface area contributed by atoms with E-state index in [4.69, 9.17) is 4.74 Å². The van der Waals surface area contributed by atoms with Gasteiger partial charge < -0.3 is 4.74 Å². The summed E-state index contributed by atoms with van der Waals surface area (Å²) in [4.78, 5) is 0. The van der Waals surface area contributed by atoms with E-state index in [1.165, 1.54) is 44.1 Å². The van der Waals surface area contributed by atoms with Gasteiger partial charge in [-0.05, 0) is 57.3 Å². The van der Waals surface area contributed by atoms with Gasteiger partial charge in [0.1, 0.15) is 0 Å². The Morgan fingerprint density at radius 2 is 1.88 bits per heavy atom. The standard InChI is InChI=1S/C15H26O/c1-12-6-7-13-15(4,16-13)10-5-9-14(2,3)11-8-12/h13H,1,5-11H2,2-4H3. The highest BCUT2D eigenvalue weighted by Gasteiger charge is 2.50. The van der Waals surface area contributed by atoms with Crippen molar-refractivity contribution in [1.29, 1.82) is 0 Å². The number of fused-ring (bicyclic) bond motifs is 1. The number of epoxide rings is 1. The lowest BCUT2D eigenvalue weighted by Gasteiger charge is -2.25. The zero-order valence-electron chi connectivity index (χ0n) is 11.1. The molecule has 0 aromatic rings. The van der Waals surface area contributed by atoms with Crippen molar-refractivity contribution < 1.29 is 4.74 Å². The van der Waals surface area contributed by atoms with Crippen molar-refractivity contribution in [1.82, 2.24) is 0 Å². The highest BCUT2D eigenvalue weighted by molar-refractivity contribution is 5.04. The Hall–Kier alpha value is -0.300. The Morgan fingerprint density at radius 1 is 1.12 bits per heavy atom. The van der Waals surface area contributed by atoms with Gasteiger partial charge in [0, 0.05) is 0 Å². The van der Waals surface area contributed by atoms with Crippen LogP contribution in [-0.4, -0.2) is 11.7 Å². The lowest BCUT2D eigenvalue weighted by atomic mass is 9.81. The maximum atomic E-state index is 5.85. The van der Waals surface area contributed by atoms with Gasteiger partial charge in [-0.2, -0.15) is 0 Å². The summed E-state index contributed by atoms with van der Waals surface area (Å²) in [7, 11) is 0. The molecular weight excluding hydrogens is 196 g/mol. The first-order chi connectivity index (χ1) is 7.41. The van der Waals surface area contributed by atoms with Gasteiger partial charge in [0.05, 0.1) is 11.7 Å². The predicted molar refractivity (Wildman–Crippen MR) is 68.5 cm³/mol. The zero-order valence-corrected chi connectivity index (χ0v) is 11.1. The maximum absolute atomic E-state index is 5.85. The first kappa shape index (κ1) is 12.2. The van der Waals surface area contributed by atoms with Gasteiger partial charge in [-0.25, -0.2) is 0 Å². The Bertz CT molecular complexity index is 279. The molecular formula is C15H26O. The molecule has 0 aromatic carbocycles. The topological polar surface area (TPSA) is 12.5 Å². The van der Waals surface area contributed by atoms with Crippen LogP contribution in [0.15, 0.2) is 12.2 Å². The highest BCUT2D eigenvalue weighted by Crippen LogP contribution is 2.45. The van der Waals surface area contributed by atoms with Crippen molar-refractivity contribution in [2.45, 2.75) is 77.4 Å². The maximum Gasteiger partial charge on any atom is 0.0920 e. The number of ether oxygens (including phenoxy) is 1. The summed E-state index contributed by atoms with van der Waals surface area (Å²) in [6, 6.07) is 0. The van der Waals surface area contributed by atoms with Crippen molar-refractivity contribution in [2.24, 2.45) is 5.41 Å². The number of allylic oxidation sites excluding steroid dienone is 1. The summed E-state index contributed by atoms with van der Waals surface area (Å²) in [6.45, 7) is 11.3. The van der Waals surface area contributed by atoms with Crippen LogP contribution < -0.4 is 0 Å². The second-order valence-electron chi connectivity index (χ2n) is 6.73. The van der Waals surface area contributed by atoms with Crippen LogP contribution in [0.2, 0.25) is 0 Å². The number of hydrogen-bond acceptors (Lipinski definition) is 1. The molecule has 2 unspecified atom stereocenters. The molecule has 1 nitrogen and oxygen atoms in total. The van der Waals surface area contributed by atoms with E-state index in [0.29, 0.717) is 11.5 Å². The van der Waals surface area contributed by atoms with E-state index in [2.05, 4.69) is 27.4 Å². The average Bonchev–Trinajstić information content (AvgIpc) is 2.82. The Labute approximate surface area is 100 Å². The molecule has 0 bridgehead atoms. The van der Waals surface area contributed by atoms with Crippen molar-refractivity contribution in [3.05, 3.63) is 12.2 Å². The first-order valence-electron chi connectivity index (χ1n) is 6.76. The third-order valence-corrected chi connectivity index (χ3v) is 4.48. The molecule has 92 valence electrons. The van der Waals surface area contributed by atoms with E-state index in [9.17, 15) is 0 Å². The van der Waals surface area contributed by atoms with Gasteiger partial charge in [0.2, 0.25) is 0 Å². The Kier molecular flexibility index (Phi) is 3.18. The molecule has 1 aliphatic heterocycles. The smallest absolute Gasteiger partial charge is 0.0920 e. The minimum Gasteiger partial charge on any atom is -0.366 e. The Balaban J connectivity index is 1.97. The minimum absolute atomic E-state index is 0.209. The van der Waals surface area contributed by atoms with Gasteiger partial charge in [-0.3, -0.25) is 0 Å². The van der Waals surface area contributed by atoms with Gasteiger partial charge in [0.25, 0.3) is 0 Å². The minimum atomic E-state index is 0.209. The molecule has 1 heteroatoms. The van der Waals surface area contributed by atoms with Crippen LogP contribution in [0.25, 0.3) is 0 Å². The monoisotopic (exact) mass is 222 g/mol. The van der Waals surface area contributed by atoms with Crippen molar-refractivity contribution >= 4 is 0 Å². The number of rotatable bonds is 0. The van der Waals surface area contributed by atoms with Crippen LogP contribution in [0.1, 0.15) is 65.7 Å². The van der Waals surface area contributed by atoms with Crippen LogP contribution in [0.5, 0.6) is 0 Å². The normalized spacial score (nSPS) is 39.7. The molecule has 2 aliphatic rings. The van der Waals surface area contributed by atoms with Crippen LogP contribution in [0.3, 0.4) is 0 Å². The molecule has 1 saturated heterocycles. The van der Waals surface area contributed by atoms with Crippen molar-refractivity contribution in [3.8, 4) is 0 Å². The fraction of sp³-hybridized carbons (Fsp3) is 0.867. The summed E-state index contributed by atoms with van der Waals surface area (Å²) in [6.07, 6.45) is 9.26. The quantitative estimate of drug-likeness (QED) is 0.435. The van der Waals surface area contributed by atoms with Crippen molar-refractivity contribution in [3.63, 3.8) is 0 Å². The Morgan fingerprint density at radius 3 is 2.62 bits per heavy atom. The fourth-order valence-corrected chi connectivity index (χ4v) is 2.89. The third-order valence-electron chi connectivity index (χ3n) is 4.48. The van der Waals surface area contributed by atoms with Gasteiger partial charge in [0.15, 0.2) is 0 Å². The highest BCUT2D eigenvalue weighted by atomic mass is 16.6. The molecule has 16 heavy (non-hydrogen) atoms. The summed E-state index contributed by atoms with van der Waals surface area (Å²) in [5.41, 5.74) is 2.11. The summed E-state index contributed by atoms with van der Waals surface area (Å²) in [5.74, 6) is 0. The second-order valence-corrected chi connectivity index (χ2v) is 6.73. The zero-order chi connectivity index (χ0) is 11.8. The lowest BCUT2D eigenvalue weighted by molar-refractivity contribution is 0.252. The van der Waals surface area contributed by atoms with Crippen LogP contribution in [0.4, 0.5) is 0 Å². The molecule has 1 heterocycles. The molecule has 1 aliphatic carbocycles. The molecule has 0 N–H and O–H groups in total. The van der Waals surface area contributed by atoms with Crippen molar-refractivity contribution in [2.75, 3.05) is 0 Å². The molecule has 0 spiro atoms. The summed E-state index contributed by atoms with van der Waals surface area (Å²) < 4.78 is 5.85. The molecule has 1 saturated carbocycles. The molecule has 2 fully saturated rings. The van der Waals surface area contributed by atoms with E-state index in [-0.39, 0.29) is 5.60 Å².